The molecule has 5 nitrogen and oxygen atoms in total. The van der Waals surface area contributed by atoms with Crippen LogP contribution in [0.3, 0.4) is 0 Å². The second kappa shape index (κ2) is 6.44. The van der Waals surface area contributed by atoms with E-state index in [9.17, 15) is 22.0 Å². The fourth-order valence-corrected chi connectivity index (χ4v) is 2.49. The predicted octanol–water partition coefficient (Wildman–Crippen LogP) is 2.65. The number of halogens is 5. The van der Waals surface area contributed by atoms with E-state index < -0.39 is 47.2 Å². The van der Waals surface area contributed by atoms with Gasteiger partial charge in [-0.3, -0.25) is 4.90 Å². The average Bonchev–Trinajstić information content (AvgIpc) is 3.02. The Morgan fingerprint density at radius 1 is 1.00 bits per heavy atom. The first-order valence-corrected chi connectivity index (χ1v) is 7.02. The second-order valence-electron chi connectivity index (χ2n) is 5.27. The fraction of sp³-hybridized carbons (Fsp3) is 0.429. The zero-order valence-electron chi connectivity index (χ0n) is 12.5. The van der Waals surface area contributed by atoms with E-state index in [2.05, 4.69) is 10.2 Å². The van der Waals surface area contributed by atoms with Gasteiger partial charge >= 0.3 is 0 Å². The minimum absolute atomic E-state index is 0.0943. The van der Waals surface area contributed by atoms with Gasteiger partial charge in [0.05, 0.1) is 13.2 Å². The number of hydrogen-bond acceptors (Lipinski definition) is 5. The third kappa shape index (κ3) is 2.86. The van der Waals surface area contributed by atoms with Crippen molar-refractivity contribution in [2.24, 2.45) is 0 Å². The maximum atomic E-state index is 13.9. The van der Waals surface area contributed by atoms with Gasteiger partial charge in [0, 0.05) is 25.6 Å². The molecule has 0 bridgehead atoms. The third-order valence-electron chi connectivity index (χ3n) is 3.73. The van der Waals surface area contributed by atoms with Gasteiger partial charge in [0.25, 0.3) is 0 Å². The summed E-state index contributed by atoms with van der Waals surface area (Å²) >= 11 is 0. The standard InChI is InChI=1S/C14H12F5N3O2/c1-6-20-21-14(24-6)8-5-23-3-2-22(8)4-7-9(15)11(17)13(19)12(18)10(7)16/h8H,2-5H2,1H3/t8-/m0/s1. The van der Waals surface area contributed by atoms with Crippen molar-refractivity contribution in [2.75, 3.05) is 19.8 Å². The lowest BCUT2D eigenvalue weighted by Gasteiger charge is -2.33. The number of hydrogen-bond donors (Lipinski definition) is 0. The number of nitrogens with zero attached hydrogens (tertiary/aromatic N) is 3. The Kier molecular flexibility index (Phi) is 4.50. The molecule has 1 aromatic heterocycles. The first-order chi connectivity index (χ1) is 11.4. The summed E-state index contributed by atoms with van der Waals surface area (Å²) in [5, 5.41) is 7.48. The quantitative estimate of drug-likeness (QED) is 0.484. The van der Waals surface area contributed by atoms with E-state index in [0.717, 1.165) is 0 Å². The molecular weight excluding hydrogens is 337 g/mol. The summed E-state index contributed by atoms with van der Waals surface area (Å²) in [6.45, 7) is 1.58. The SMILES string of the molecule is Cc1nnc([C@@H]2COCCN2Cc2c(F)c(F)c(F)c(F)c2F)o1. The molecule has 0 N–H and O–H groups in total. The van der Waals surface area contributed by atoms with Crippen molar-refractivity contribution in [3.63, 3.8) is 0 Å². The van der Waals surface area contributed by atoms with E-state index >= 15 is 0 Å². The highest BCUT2D eigenvalue weighted by Crippen LogP contribution is 2.29. The van der Waals surface area contributed by atoms with E-state index in [4.69, 9.17) is 9.15 Å². The molecule has 2 aromatic rings. The molecule has 3 rings (SSSR count). The highest BCUT2D eigenvalue weighted by Gasteiger charge is 2.33. The Balaban J connectivity index is 1.94. The molecule has 2 heterocycles. The van der Waals surface area contributed by atoms with Crippen molar-refractivity contribution >= 4 is 0 Å². The Labute approximate surface area is 133 Å². The molecule has 1 atom stereocenters. The molecule has 0 aliphatic carbocycles. The molecule has 0 spiro atoms. The monoisotopic (exact) mass is 349 g/mol. The molecule has 0 unspecified atom stereocenters. The Morgan fingerprint density at radius 3 is 2.21 bits per heavy atom. The maximum Gasteiger partial charge on any atom is 0.235 e. The summed E-state index contributed by atoms with van der Waals surface area (Å²) in [6, 6.07) is -0.644. The summed E-state index contributed by atoms with van der Waals surface area (Å²) in [5.74, 6) is -9.39. The first-order valence-electron chi connectivity index (χ1n) is 7.02. The third-order valence-corrected chi connectivity index (χ3v) is 3.73. The van der Waals surface area contributed by atoms with E-state index in [0.29, 0.717) is 0 Å². The largest absolute Gasteiger partial charge is 0.424 e. The molecular formula is C14H12F5N3O2. The van der Waals surface area contributed by atoms with Crippen LogP contribution in [0.1, 0.15) is 23.4 Å². The molecule has 1 aliphatic rings. The highest BCUT2D eigenvalue weighted by atomic mass is 19.2. The molecule has 24 heavy (non-hydrogen) atoms. The topological polar surface area (TPSA) is 51.4 Å². The van der Waals surface area contributed by atoms with Gasteiger partial charge in [-0.15, -0.1) is 10.2 Å². The predicted molar refractivity (Wildman–Crippen MR) is 69.2 cm³/mol. The van der Waals surface area contributed by atoms with E-state index in [1.807, 2.05) is 0 Å². The first kappa shape index (κ1) is 16.8. The zero-order valence-corrected chi connectivity index (χ0v) is 12.5. The number of ether oxygens (including phenoxy) is 1. The van der Waals surface area contributed by atoms with Crippen molar-refractivity contribution in [3.8, 4) is 0 Å². The molecule has 130 valence electrons. The van der Waals surface area contributed by atoms with Crippen LogP contribution < -0.4 is 0 Å². The van der Waals surface area contributed by atoms with E-state index in [1.54, 1.807) is 6.92 Å². The van der Waals surface area contributed by atoms with Crippen LogP contribution in [-0.4, -0.2) is 34.9 Å². The molecule has 0 radical (unpaired) electrons. The smallest absolute Gasteiger partial charge is 0.235 e. The molecule has 1 saturated heterocycles. The Morgan fingerprint density at radius 2 is 1.62 bits per heavy atom. The minimum Gasteiger partial charge on any atom is -0.424 e. The van der Waals surface area contributed by atoms with E-state index in [1.165, 1.54) is 4.90 Å². The lowest BCUT2D eigenvalue weighted by molar-refractivity contribution is -0.0236. The molecule has 0 amide bonds. The minimum atomic E-state index is -2.18. The van der Waals surface area contributed by atoms with Crippen LogP contribution in [0, 0.1) is 36.0 Å². The molecule has 1 aromatic carbocycles. The lowest BCUT2D eigenvalue weighted by atomic mass is 10.1. The van der Waals surface area contributed by atoms with Crippen molar-refractivity contribution in [1.29, 1.82) is 0 Å². The van der Waals surface area contributed by atoms with Gasteiger partial charge < -0.3 is 9.15 Å². The van der Waals surface area contributed by atoms with Gasteiger partial charge in [-0.1, -0.05) is 0 Å². The molecule has 0 saturated carbocycles. The normalized spacial score (nSPS) is 19.0. The summed E-state index contributed by atoms with van der Waals surface area (Å²) in [4.78, 5) is 1.47. The highest BCUT2D eigenvalue weighted by molar-refractivity contribution is 5.24. The fourth-order valence-electron chi connectivity index (χ4n) is 2.49. The summed E-state index contributed by atoms with van der Waals surface area (Å²) in [6.07, 6.45) is 0. The van der Waals surface area contributed by atoms with Gasteiger partial charge in [0.2, 0.25) is 17.6 Å². The van der Waals surface area contributed by atoms with Crippen molar-refractivity contribution in [1.82, 2.24) is 15.1 Å². The van der Waals surface area contributed by atoms with E-state index in [-0.39, 0.29) is 31.5 Å². The molecule has 1 aliphatic heterocycles. The lowest BCUT2D eigenvalue weighted by Crippen LogP contribution is -2.39. The van der Waals surface area contributed by atoms with Gasteiger partial charge in [0.15, 0.2) is 23.3 Å². The maximum absolute atomic E-state index is 13.9. The van der Waals surface area contributed by atoms with Crippen LogP contribution in [0.2, 0.25) is 0 Å². The number of aromatic nitrogens is 2. The Bertz CT molecular complexity index is 738. The average molecular weight is 349 g/mol. The summed E-state index contributed by atoms with van der Waals surface area (Å²) in [5.41, 5.74) is -0.908. The van der Waals surface area contributed by atoms with Crippen molar-refractivity contribution in [2.45, 2.75) is 19.5 Å². The van der Waals surface area contributed by atoms with Crippen molar-refractivity contribution in [3.05, 3.63) is 46.4 Å². The Hall–Kier alpha value is -2.07. The number of morpholine rings is 1. The number of benzene rings is 1. The van der Waals surface area contributed by atoms with Crippen LogP contribution in [0.4, 0.5) is 22.0 Å². The van der Waals surface area contributed by atoms with Crippen molar-refractivity contribution < 1.29 is 31.1 Å². The van der Waals surface area contributed by atoms with Gasteiger partial charge in [-0.05, 0) is 0 Å². The van der Waals surface area contributed by atoms with Crippen LogP contribution >= 0.6 is 0 Å². The number of rotatable bonds is 3. The second-order valence-corrected chi connectivity index (χ2v) is 5.27. The zero-order chi connectivity index (χ0) is 17.4. The number of aryl methyl sites for hydroxylation is 1. The van der Waals surface area contributed by atoms with Gasteiger partial charge in [0.1, 0.15) is 6.04 Å². The summed E-state index contributed by atoms with van der Waals surface area (Å²) in [7, 11) is 0. The van der Waals surface area contributed by atoms with Crippen LogP contribution in [0.5, 0.6) is 0 Å². The van der Waals surface area contributed by atoms with Gasteiger partial charge in [-0.25, -0.2) is 22.0 Å². The molecule has 1 fully saturated rings. The van der Waals surface area contributed by atoms with Crippen LogP contribution in [0.15, 0.2) is 4.42 Å². The molecule has 10 heteroatoms. The van der Waals surface area contributed by atoms with Crippen LogP contribution in [0.25, 0.3) is 0 Å². The van der Waals surface area contributed by atoms with Crippen LogP contribution in [-0.2, 0) is 11.3 Å². The van der Waals surface area contributed by atoms with Gasteiger partial charge in [-0.2, -0.15) is 0 Å². The summed E-state index contributed by atoms with van der Waals surface area (Å²) < 4.78 is 78.1.